The Morgan fingerprint density at radius 3 is 2.61 bits per heavy atom. The molecule has 1 aliphatic rings. The van der Waals surface area contributed by atoms with Gasteiger partial charge in [-0.2, -0.15) is 5.26 Å². The van der Waals surface area contributed by atoms with Crippen LogP contribution in [0.2, 0.25) is 0 Å². The quantitative estimate of drug-likeness (QED) is 0.753. The largest absolute Gasteiger partial charge is 0.394 e. The zero-order valence-corrected chi connectivity index (χ0v) is 15.4. The highest BCUT2D eigenvalue weighted by Gasteiger charge is 2.42. The first-order valence-corrected chi connectivity index (χ1v) is 8.70. The molecule has 132 valence electrons. The van der Waals surface area contributed by atoms with Crippen molar-refractivity contribution in [1.82, 2.24) is 10.2 Å². The molecule has 2 N–H and O–H groups in total. The highest BCUT2D eigenvalue weighted by atomic mass is 16.3. The standard InChI is InChI=1S/C18H33N3O2/c1-6-21(11-15(3)9-19)16(23)10-20-18(13-22)8-14(2)7-17(4,5)12-18/h14-15,20,22H,6-8,10-13H2,1-5H3. The van der Waals surface area contributed by atoms with E-state index >= 15 is 0 Å². The minimum absolute atomic E-state index is 0.00143. The maximum atomic E-state index is 12.4. The second-order valence-electron chi connectivity index (χ2n) is 8.11. The summed E-state index contributed by atoms with van der Waals surface area (Å²) in [4.78, 5) is 14.2. The Morgan fingerprint density at radius 1 is 1.48 bits per heavy atom. The molecule has 0 aromatic heterocycles. The van der Waals surface area contributed by atoms with Crippen LogP contribution in [0.1, 0.15) is 53.9 Å². The van der Waals surface area contributed by atoms with E-state index in [1.807, 2.05) is 13.8 Å². The van der Waals surface area contributed by atoms with Crippen LogP contribution in [0.25, 0.3) is 0 Å². The van der Waals surface area contributed by atoms with E-state index in [9.17, 15) is 9.90 Å². The fourth-order valence-corrected chi connectivity index (χ4v) is 4.21. The van der Waals surface area contributed by atoms with E-state index in [-0.39, 0.29) is 35.9 Å². The number of hydrogen-bond donors (Lipinski definition) is 2. The Kier molecular flexibility index (Phi) is 7.03. The SMILES string of the molecule is CCN(CC(C)C#N)C(=O)CNC1(CO)CC(C)CC(C)(C)C1. The number of nitrogens with one attached hydrogen (secondary N) is 1. The van der Waals surface area contributed by atoms with Crippen LogP contribution in [-0.2, 0) is 4.79 Å². The Balaban J connectivity index is 2.69. The molecule has 3 unspecified atom stereocenters. The van der Waals surface area contributed by atoms with Crippen molar-refractivity contribution in [3.63, 3.8) is 0 Å². The number of aliphatic hydroxyl groups is 1. The van der Waals surface area contributed by atoms with Gasteiger partial charge in [0.2, 0.25) is 5.91 Å². The normalized spacial score (nSPS) is 28.0. The van der Waals surface area contributed by atoms with Crippen molar-refractivity contribution in [2.45, 2.75) is 59.4 Å². The van der Waals surface area contributed by atoms with Crippen molar-refractivity contribution in [3.05, 3.63) is 0 Å². The van der Waals surface area contributed by atoms with Crippen molar-refractivity contribution in [1.29, 1.82) is 5.26 Å². The molecule has 0 bridgehead atoms. The number of carbonyl (C=O) groups excluding carboxylic acids is 1. The van der Waals surface area contributed by atoms with Gasteiger partial charge in [0.05, 0.1) is 25.1 Å². The van der Waals surface area contributed by atoms with Crippen molar-refractivity contribution in [2.24, 2.45) is 17.3 Å². The van der Waals surface area contributed by atoms with E-state index in [4.69, 9.17) is 5.26 Å². The van der Waals surface area contributed by atoms with Crippen molar-refractivity contribution >= 4 is 5.91 Å². The maximum absolute atomic E-state index is 12.4. The molecule has 0 heterocycles. The summed E-state index contributed by atoms with van der Waals surface area (Å²) in [6.07, 6.45) is 2.90. The van der Waals surface area contributed by atoms with Gasteiger partial charge in [-0.3, -0.25) is 4.79 Å². The first-order chi connectivity index (χ1) is 10.7. The lowest BCUT2D eigenvalue weighted by atomic mass is 9.64. The summed E-state index contributed by atoms with van der Waals surface area (Å²) in [6, 6.07) is 2.17. The maximum Gasteiger partial charge on any atom is 0.236 e. The Bertz CT molecular complexity index is 444. The minimum Gasteiger partial charge on any atom is -0.394 e. The van der Waals surface area contributed by atoms with Gasteiger partial charge < -0.3 is 15.3 Å². The van der Waals surface area contributed by atoms with Gasteiger partial charge in [0.15, 0.2) is 0 Å². The fourth-order valence-electron chi connectivity index (χ4n) is 4.21. The van der Waals surface area contributed by atoms with E-state index in [0.717, 1.165) is 19.3 Å². The predicted octanol–water partition coefficient (Wildman–Crippen LogP) is 2.16. The van der Waals surface area contributed by atoms with E-state index in [2.05, 4.69) is 32.2 Å². The molecule has 1 amide bonds. The molecule has 3 atom stereocenters. The molecule has 1 aliphatic carbocycles. The molecule has 5 nitrogen and oxygen atoms in total. The van der Waals surface area contributed by atoms with Crippen molar-refractivity contribution in [2.75, 3.05) is 26.2 Å². The number of nitrogens with zero attached hydrogens (tertiary/aromatic N) is 2. The number of likely N-dealkylation sites (N-methyl/N-ethyl adjacent to an activating group) is 1. The van der Waals surface area contributed by atoms with Gasteiger partial charge >= 0.3 is 0 Å². The first-order valence-electron chi connectivity index (χ1n) is 8.70. The third-order valence-corrected chi connectivity index (χ3v) is 4.82. The third-order valence-electron chi connectivity index (χ3n) is 4.82. The van der Waals surface area contributed by atoms with Gasteiger partial charge in [0.25, 0.3) is 0 Å². The lowest BCUT2D eigenvalue weighted by Gasteiger charge is -2.47. The first kappa shape index (κ1) is 19.9. The van der Waals surface area contributed by atoms with Crippen molar-refractivity contribution < 1.29 is 9.90 Å². The van der Waals surface area contributed by atoms with Crippen LogP contribution < -0.4 is 5.32 Å². The predicted molar refractivity (Wildman–Crippen MR) is 91.6 cm³/mol. The lowest BCUT2D eigenvalue weighted by molar-refractivity contribution is -0.131. The van der Waals surface area contributed by atoms with Crippen LogP contribution in [0.3, 0.4) is 0 Å². The van der Waals surface area contributed by atoms with Gasteiger partial charge in [-0.05, 0) is 44.4 Å². The summed E-state index contributed by atoms with van der Waals surface area (Å²) in [5.74, 6) is 0.354. The molecule has 23 heavy (non-hydrogen) atoms. The molecule has 1 fully saturated rings. The number of hydrogen-bond acceptors (Lipinski definition) is 4. The van der Waals surface area contributed by atoms with Crippen molar-refractivity contribution in [3.8, 4) is 6.07 Å². The topological polar surface area (TPSA) is 76.4 Å². The average Bonchev–Trinajstić information content (AvgIpc) is 2.47. The molecule has 0 aromatic carbocycles. The average molecular weight is 323 g/mol. The number of nitriles is 1. The van der Waals surface area contributed by atoms with Gasteiger partial charge in [0, 0.05) is 18.6 Å². The number of rotatable bonds is 7. The number of aliphatic hydroxyl groups excluding tert-OH is 1. The van der Waals surface area contributed by atoms with Crippen LogP contribution in [0.5, 0.6) is 0 Å². The smallest absolute Gasteiger partial charge is 0.236 e. The van der Waals surface area contributed by atoms with Gasteiger partial charge in [0.1, 0.15) is 0 Å². The molecule has 5 heteroatoms. The summed E-state index contributed by atoms with van der Waals surface area (Å²) in [5, 5.41) is 22.2. The summed E-state index contributed by atoms with van der Waals surface area (Å²) < 4.78 is 0. The monoisotopic (exact) mass is 323 g/mol. The van der Waals surface area contributed by atoms with Crippen LogP contribution in [0, 0.1) is 28.6 Å². The Labute approximate surface area is 141 Å². The third kappa shape index (κ3) is 5.78. The minimum atomic E-state index is -0.378. The molecule has 1 rings (SSSR count). The molecule has 1 saturated carbocycles. The number of amides is 1. The van der Waals surface area contributed by atoms with Gasteiger partial charge in [-0.15, -0.1) is 0 Å². The summed E-state index contributed by atoms with van der Waals surface area (Å²) in [7, 11) is 0. The summed E-state index contributed by atoms with van der Waals surface area (Å²) in [5.41, 5.74) is -0.215. The van der Waals surface area contributed by atoms with Crippen LogP contribution >= 0.6 is 0 Å². The molecule has 0 spiro atoms. The fraction of sp³-hybridized carbons (Fsp3) is 0.889. The highest BCUT2D eigenvalue weighted by Crippen LogP contribution is 2.43. The molecule has 0 radical (unpaired) electrons. The van der Waals surface area contributed by atoms with E-state index in [0.29, 0.717) is 19.0 Å². The zero-order valence-electron chi connectivity index (χ0n) is 15.4. The molecule has 0 saturated heterocycles. The van der Waals surface area contributed by atoms with Gasteiger partial charge in [-0.1, -0.05) is 20.8 Å². The van der Waals surface area contributed by atoms with E-state index in [1.165, 1.54) is 0 Å². The molecule has 0 aliphatic heterocycles. The second kappa shape index (κ2) is 8.12. The Hall–Kier alpha value is -1.12. The Morgan fingerprint density at radius 2 is 2.13 bits per heavy atom. The molecule has 0 aromatic rings. The van der Waals surface area contributed by atoms with E-state index in [1.54, 1.807) is 4.90 Å². The van der Waals surface area contributed by atoms with Crippen LogP contribution in [-0.4, -0.2) is 47.7 Å². The zero-order chi connectivity index (χ0) is 17.7. The molecular formula is C18H33N3O2. The lowest BCUT2D eigenvalue weighted by Crippen LogP contribution is -2.57. The van der Waals surface area contributed by atoms with E-state index < -0.39 is 0 Å². The number of carbonyl (C=O) groups is 1. The van der Waals surface area contributed by atoms with Gasteiger partial charge in [-0.25, -0.2) is 0 Å². The highest BCUT2D eigenvalue weighted by molar-refractivity contribution is 5.78. The summed E-state index contributed by atoms with van der Waals surface area (Å²) >= 11 is 0. The van der Waals surface area contributed by atoms with Crippen LogP contribution in [0.4, 0.5) is 0 Å². The van der Waals surface area contributed by atoms with Crippen LogP contribution in [0.15, 0.2) is 0 Å². The second-order valence-corrected chi connectivity index (χ2v) is 8.11. The molecular weight excluding hydrogens is 290 g/mol. The summed E-state index contributed by atoms with van der Waals surface area (Å²) in [6.45, 7) is 11.7.